The average Bonchev–Trinajstić information content (AvgIpc) is 3.31. The highest BCUT2D eigenvalue weighted by atomic mass is 16.5. The van der Waals surface area contributed by atoms with Gasteiger partial charge in [-0.25, -0.2) is 4.68 Å². The number of hydrogen-bond acceptors (Lipinski definition) is 7. The molecule has 0 amide bonds. The van der Waals surface area contributed by atoms with E-state index in [0.29, 0.717) is 30.2 Å². The fourth-order valence-electron chi connectivity index (χ4n) is 4.19. The minimum atomic E-state index is -0.272. The molecule has 2 atom stereocenters. The zero-order valence-electron chi connectivity index (χ0n) is 16.5. The van der Waals surface area contributed by atoms with Gasteiger partial charge in [0.15, 0.2) is 5.65 Å². The summed E-state index contributed by atoms with van der Waals surface area (Å²) in [6.07, 6.45) is 5.67. The molecule has 1 aliphatic carbocycles. The molecule has 3 aromatic heterocycles. The molecule has 1 saturated heterocycles. The SMILES string of the molecule is Cn1cc2c(=O)n(C)c(NC3COCC3n3nc4c(cc3=O)CCCC4)nc2n1. The molecule has 0 bridgehead atoms. The van der Waals surface area contributed by atoms with Crippen molar-refractivity contribution in [3.05, 3.63) is 44.2 Å². The van der Waals surface area contributed by atoms with Crippen LogP contribution in [0.5, 0.6) is 0 Å². The van der Waals surface area contributed by atoms with Crippen LogP contribution in [-0.4, -0.2) is 48.4 Å². The maximum absolute atomic E-state index is 12.7. The van der Waals surface area contributed by atoms with E-state index in [1.54, 1.807) is 31.0 Å². The second kappa shape index (κ2) is 6.80. The summed E-state index contributed by atoms with van der Waals surface area (Å²) in [6, 6.07) is 1.21. The highest BCUT2D eigenvalue weighted by Crippen LogP contribution is 2.23. The number of anilines is 1. The van der Waals surface area contributed by atoms with E-state index in [4.69, 9.17) is 4.74 Å². The van der Waals surface area contributed by atoms with Gasteiger partial charge in [-0.2, -0.15) is 15.2 Å². The molecule has 10 heteroatoms. The number of hydrogen-bond donors (Lipinski definition) is 1. The van der Waals surface area contributed by atoms with E-state index in [9.17, 15) is 9.59 Å². The maximum atomic E-state index is 12.7. The highest BCUT2D eigenvalue weighted by Gasteiger charge is 2.33. The van der Waals surface area contributed by atoms with E-state index in [0.717, 1.165) is 36.9 Å². The minimum absolute atomic E-state index is 0.116. The van der Waals surface area contributed by atoms with Crippen molar-refractivity contribution in [3.8, 4) is 0 Å². The molecule has 3 aromatic rings. The molecule has 29 heavy (non-hydrogen) atoms. The molecule has 152 valence electrons. The molecule has 2 unspecified atom stereocenters. The Kier molecular flexibility index (Phi) is 4.23. The topological polar surface area (TPSA) is 109 Å². The van der Waals surface area contributed by atoms with E-state index < -0.39 is 0 Å². The average molecular weight is 397 g/mol. The molecular formula is C19H23N7O3. The van der Waals surface area contributed by atoms with Crippen LogP contribution >= 0.6 is 0 Å². The van der Waals surface area contributed by atoms with Crippen molar-refractivity contribution in [2.75, 3.05) is 18.5 Å². The maximum Gasteiger partial charge on any atom is 0.267 e. The Morgan fingerprint density at radius 3 is 2.83 bits per heavy atom. The van der Waals surface area contributed by atoms with Crippen LogP contribution in [-0.2, 0) is 31.7 Å². The first-order valence-corrected chi connectivity index (χ1v) is 9.87. The normalized spacial score (nSPS) is 21.4. The first-order chi connectivity index (χ1) is 14.0. The Morgan fingerprint density at radius 1 is 1.14 bits per heavy atom. The van der Waals surface area contributed by atoms with Crippen LogP contribution in [0.2, 0.25) is 0 Å². The van der Waals surface area contributed by atoms with E-state index in [1.807, 2.05) is 0 Å². The van der Waals surface area contributed by atoms with Gasteiger partial charge in [0.25, 0.3) is 11.1 Å². The molecule has 0 saturated carbocycles. The van der Waals surface area contributed by atoms with Crippen molar-refractivity contribution in [2.45, 2.75) is 37.8 Å². The van der Waals surface area contributed by atoms with Gasteiger partial charge in [-0.05, 0) is 31.2 Å². The highest BCUT2D eigenvalue weighted by molar-refractivity contribution is 5.74. The lowest BCUT2D eigenvalue weighted by Gasteiger charge is -2.23. The third kappa shape index (κ3) is 3.03. The molecule has 0 aromatic carbocycles. The lowest BCUT2D eigenvalue weighted by atomic mass is 9.97. The van der Waals surface area contributed by atoms with Crippen LogP contribution in [0, 0.1) is 0 Å². The fourth-order valence-corrected chi connectivity index (χ4v) is 4.19. The summed E-state index contributed by atoms with van der Waals surface area (Å²) in [5, 5.41) is 12.7. The molecule has 2 aliphatic rings. The van der Waals surface area contributed by atoms with Gasteiger partial charge in [-0.15, -0.1) is 0 Å². The molecule has 1 aliphatic heterocycles. The van der Waals surface area contributed by atoms with Crippen LogP contribution in [0.25, 0.3) is 11.0 Å². The Labute approximate surface area is 166 Å². The lowest BCUT2D eigenvalue weighted by molar-refractivity contribution is 0.182. The molecule has 5 rings (SSSR count). The number of ether oxygens (including phenoxy) is 1. The van der Waals surface area contributed by atoms with Gasteiger partial charge < -0.3 is 10.1 Å². The van der Waals surface area contributed by atoms with Gasteiger partial charge in [0, 0.05) is 26.4 Å². The van der Waals surface area contributed by atoms with Crippen molar-refractivity contribution in [3.63, 3.8) is 0 Å². The van der Waals surface area contributed by atoms with Crippen molar-refractivity contribution >= 4 is 17.0 Å². The van der Waals surface area contributed by atoms with E-state index in [-0.39, 0.29) is 23.2 Å². The molecule has 0 radical (unpaired) electrons. The standard InChI is InChI=1S/C19H23N7O3/c1-24-8-12-17(23-24)21-19(25(2)18(12)28)20-14-9-29-10-15(14)26-16(27)7-11-5-3-4-6-13(11)22-26/h7-8,14-15H,3-6,9-10H2,1-2H3,(H,20,21,23). The zero-order chi connectivity index (χ0) is 20.1. The minimum Gasteiger partial charge on any atom is -0.377 e. The van der Waals surface area contributed by atoms with E-state index in [2.05, 4.69) is 20.5 Å². The molecule has 10 nitrogen and oxygen atoms in total. The number of nitrogens with one attached hydrogen (secondary N) is 1. The zero-order valence-corrected chi connectivity index (χ0v) is 16.5. The third-order valence-corrected chi connectivity index (χ3v) is 5.79. The van der Waals surface area contributed by atoms with Crippen LogP contribution in [0.15, 0.2) is 21.9 Å². The predicted molar refractivity (Wildman–Crippen MR) is 106 cm³/mol. The second-order valence-corrected chi connectivity index (χ2v) is 7.80. The summed E-state index contributed by atoms with van der Waals surface area (Å²) in [5.41, 5.74) is 2.16. The van der Waals surface area contributed by atoms with Gasteiger partial charge in [-0.3, -0.25) is 18.8 Å². The van der Waals surface area contributed by atoms with Crippen molar-refractivity contribution in [2.24, 2.45) is 14.1 Å². The Bertz CT molecular complexity index is 1210. The molecule has 0 spiro atoms. The number of fused-ring (bicyclic) bond motifs is 2. The third-order valence-electron chi connectivity index (χ3n) is 5.79. The fraction of sp³-hybridized carbons (Fsp3) is 0.526. The van der Waals surface area contributed by atoms with Crippen LogP contribution in [0.3, 0.4) is 0 Å². The van der Waals surface area contributed by atoms with Gasteiger partial charge in [0.05, 0.1) is 24.9 Å². The number of rotatable bonds is 3. The van der Waals surface area contributed by atoms with Crippen molar-refractivity contribution in [1.29, 1.82) is 0 Å². The molecular weight excluding hydrogens is 374 g/mol. The van der Waals surface area contributed by atoms with E-state index in [1.165, 1.54) is 9.25 Å². The summed E-state index contributed by atoms with van der Waals surface area (Å²) in [5.74, 6) is 0.396. The number of aryl methyl sites for hydroxylation is 3. The van der Waals surface area contributed by atoms with Crippen molar-refractivity contribution < 1.29 is 4.74 Å². The van der Waals surface area contributed by atoms with Crippen molar-refractivity contribution in [1.82, 2.24) is 29.1 Å². The Hall–Kier alpha value is -3.01. The van der Waals surface area contributed by atoms with Gasteiger partial charge in [0.2, 0.25) is 5.95 Å². The van der Waals surface area contributed by atoms with Gasteiger partial charge in [-0.1, -0.05) is 0 Å². The summed E-state index contributed by atoms with van der Waals surface area (Å²) in [7, 11) is 3.42. The smallest absolute Gasteiger partial charge is 0.267 e. The first kappa shape index (κ1) is 18.0. The summed E-state index contributed by atoms with van der Waals surface area (Å²) in [4.78, 5) is 29.8. The quantitative estimate of drug-likeness (QED) is 0.670. The lowest BCUT2D eigenvalue weighted by Crippen LogP contribution is -2.39. The first-order valence-electron chi connectivity index (χ1n) is 9.87. The number of aromatic nitrogens is 6. The summed E-state index contributed by atoms with van der Waals surface area (Å²) < 4.78 is 10.2. The molecule has 1 fully saturated rings. The Balaban J connectivity index is 1.50. The Morgan fingerprint density at radius 2 is 1.97 bits per heavy atom. The van der Waals surface area contributed by atoms with Crippen LogP contribution in [0.1, 0.15) is 30.1 Å². The van der Waals surface area contributed by atoms with Gasteiger partial charge in [0.1, 0.15) is 11.4 Å². The largest absolute Gasteiger partial charge is 0.377 e. The second-order valence-electron chi connectivity index (χ2n) is 7.80. The van der Waals surface area contributed by atoms with Crippen LogP contribution < -0.4 is 16.4 Å². The summed E-state index contributed by atoms with van der Waals surface area (Å²) in [6.45, 7) is 0.773. The monoisotopic (exact) mass is 397 g/mol. The summed E-state index contributed by atoms with van der Waals surface area (Å²) >= 11 is 0. The van der Waals surface area contributed by atoms with Crippen LogP contribution in [0.4, 0.5) is 5.95 Å². The predicted octanol–water partition coefficient (Wildman–Crippen LogP) is 0.154. The molecule has 1 N–H and O–H groups in total. The van der Waals surface area contributed by atoms with Gasteiger partial charge >= 0.3 is 0 Å². The van der Waals surface area contributed by atoms with E-state index >= 15 is 0 Å². The molecule has 4 heterocycles. The number of nitrogens with zero attached hydrogens (tertiary/aromatic N) is 6.